The molecule has 1 saturated carbocycles. The number of halogens is 3. The third-order valence-electron chi connectivity index (χ3n) is 5.04. The molecular formula is C18H27Cl2FN4O2. The van der Waals surface area contributed by atoms with Gasteiger partial charge >= 0.3 is 5.91 Å². The molecule has 3 N–H and O–H groups in total. The Balaban J connectivity index is 0.00000182. The van der Waals surface area contributed by atoms with Crippen molar-refractivity contribution in [3.05, 3.63) is 29.7 Å². The molecule has 2 fully saturated rings. The summed E-state index contributed by atoms with van der Waals surface area (Å²) in [4.78, 5) is 17.8. The number of nitrogens with zero attached hydrogens (tertiary/aromatic N) is 2. The zero-order valence-electron chi connectivity index (χ0n) is 15.1. The van der Waals surface area contributed by atoms with Crippen LogP contribution in [0, 0.1) is 0 Å². The van der Waals surface area contributed by atoms with E-state index in [0.717, 1.165) is 30.9 Å². The molecule has 0 bridgehead atoms. The number of amides is 1. The van der Waals surface area contributed by atoms with Crippen molar-refractivity contribution >= 4 is 42.6 Å². The largest absolute Gasteiger partial charge is 0.366 e. The zero-order valence-corrected chi connectivity index (χ0v) is 16.7. The number of pyridine rings is 1. The Morgan fingerprint density at radius 2 is 1.96 bits per heavy atom. The van der Waals surface area contributed by atoms with Crippen molar-refractivity contribution < 1.29 is 14.4 Å². The predicted octanol–water partition coefficient (Wildman–Crippen LogP) is 3.56. The van der Waals surface area contributed by atoms with Gasteiger partial charge in [0.2, 0.25) is 0 Å². The monoisotopic (exact) mass is 420 g/mol. The smallest absolute Gasteiger partial charge is 0.303 e. The van der Waals surface area contributed by atoms with E-state index in [1.54, 1.807) is 12.1 Å². The van der Waals surface area contributed by atoms with Gasteiger partial charge in [0.25, 0.3) is 0 Å². The second-order valence-electron chi connectivity index (χ2n) is 6.83. The number of hydrogen-bond donors (Lipinski definition) is 3. The van der Waals surface area contributed by atoms with E-state index in [2.05, 4.69) is 15.2 Å². The summed E-state index contributed by atoms with van der Waals surface area (Å²) >= 11 is 0. The Bertz CT molecular complexity index is 624. The van der Waals surface area contributed by atoms with E-state index in [9.17, 15) is 9.18 Å². The molecule has 0 aromatic carbocycles. The second kappa shape index (κ2) is 11.4. The van der Waals surface area contributed by atoms with Gasteiger partial charge in [0, 0.05) is 24.8 Å². The van der Waals surface area contributed by atoms with Crippen molar-refractivity contribution in [2.24, 2.45) is 0 Å². The van der Waals surface area contributed by atoms with E-state index in [1.807, 2.05) is 0 Å². The van der Waals surface area contributed by atoms with Gasteiger partial charge in [0.1, 0.15) is 5.82 Å². The zero-order chi connectivity index (χ0) is 17.6. The summed E-state index contributed by atoms with van der Waals surface area (Å²) in [6, 6.07) is 4.59. The molecule has 1 aliphatic carbocycles. The van der Waals surface area contributed by atoms with Crippen LogP contribution in [0.15, 0.2) is 24.2 Å². The van der Waals surface area contributed by atoms with Gasteiger partial charge in [-0.15, -0.1) is 24.8 Å². The number of anilines is 1. The molecule has 1 aliphatic heterocycles. The van der Waals surface area contributed by atoms with Crippen molar-refractivity contribution in [1.82, 2.24) is 15.4 Å². The topological polar surface area (TPSA) is 77.5 Å². The highest BCUT2D eigenvalue weighted by atomic mass is 35.5. The first-order valence-corrected chi connectivity index (χ1v) is 8.94. The van der Waals surface area contributed by atoms with Gasteiger partial charge in [-0.2, -0.15) is 0 Å². The predicted molar refractivity (Wildman–Crippen MR) is 108 cm³/mol. The van der Waals surface area contributed by atoms with Crippen LogP contribution in [0.5, 0.6) is 0 Å². The number of hydroxylamine groups is 1. The lowest BCUT2D eigenvalue weighted by molar-refractivity contribution is -0.126. The first kappa shape index (κ1) is 23.6. The van der Waals surface area contributed by atoms with Crippen LogP contribution >= 0.6 is 24.8 Å². The van der Waals surface area contributed by atoms with Gasteiger partial charge in [-0.1, -0.05) is 12.8 Å². The molecule has 1 aromatic heterocycles. The summed E-state index contributed by atoms with van der Waals surface area (Å²) in [6.45, 7) is 2.23. The number of aromatic nitrogens is 1. The minimum atomic E-state index is -1.17. The summed E-state index contributed by atoms with van der Waals surface area (Å²) in [7, 11) is 0. The highest BCUT2D eigenvalue weighted by Gasteiger charge is 2.27. The molecule has 152 valence electrons. The fraction of sp³-hybridized carbons (Fsp3) is 0.556. The SMILES string of the molecule is Cl.Cl.O=C(NO)C(F)=Cc1ccc(N[C@@H]2CCCN(C3CCCC3)C2)nc1. The molecular weight excluding hydrogens is 394 g/mol. The average molecular weight is 421 g/mol. The second-order valence-corrected chi connectivity index (χ2v) is 6.83. The Morgan fingerprint density at radius 3 is 2.59 bits per heavy atom. The third-order valence-corrected chi connectivity index (χ3v) is 5.04. The molecule has 0 radical (unpaired) electrons. The minimum absolute atomic E-state index is 0. The maximum atomic E-state index is 13.4. The fourth-order valence-corrected chi connectivity index (χ4v) is 3.78. The quantitative estimate of drug-likeness (QED) is 0.385. The van der Waals surface area contributed by atoms with Crippen molar-refractivity contribution in [3.63, 3.8) is 0 Å². The summed E-state index contributed by atoms with van der Waals surface area (Å²) in [5, 5.41) is 11.9. The van der Waals surface area contributed by atoms with E-state index >= 15 is 0 Å². The van der Waals surface area contributed by atoms with E-state index in [-0.39, 0.29) is 24.8 Å². The van der Waals surface area contributed by atoms with Crippen LogP contribution in [0.25, 0.3) is 6.08 Å². The number of rotatable bonds is 5. The van der Waals surface area contributed by atoms with Crippen molar-refractivity contribution in [2.75, 3.05) is 18.4 Å². The van der Waals surface area contributed by atoms with Gasteiger partial charge in [0.15, 0.2) is 5.83 Å². The average Bonchev–Trinajstić information content (AvgIpc) is 3.17. The van der Waals surface area contributed by atoms with Gasteiger partial charge < -0.3 is 5.32 Å². The summed E-state index contributed by atoms with van der Waals surface area (Å²) in [5.74, 6) is -1.48. The Kier molecular flexibility index (Phi) is 10.0. The lowest BCUT2D eigenvalue weighted by Gasteiger charge is -2.37. The van der Waals surface area contributed by atoms with Crippen LogP contribution < -0.4 is 10.8 Å². The van der Waals surface area contributed by atoms with Crippen molar-refractivity contribution in [1.29, 1.82) is 0 Å². The molecule has 1 atom stereocenters. The summed E-state index contributed by atoms with van der Waals surface area (Å²) < 4.78 is 13.4. The van der Waals surface area contributed by atoms with Crippen molar-refractivity contribution in [3.8, 4) is 0 Å². The maximum absolute atomic E-state index is 13.4. The van der Waals surface area contributed by atoms with E-state index < -0.39 is 11.7 Å². The van der Waals surface area contributed by atoms with Crippen LogP contribution in [0.3, 0.4) is 0 Å². The van der Waals surface area contributed by atoms with E-state index in [0.29, 0.717) is 11.6 Å². The fourth-order valence-electron chi connectivity index (χ4n) is 3.78. The Labute approximate surface area is 171 Å². The molecule has 1 amide bonds. The lowest BCUT2D eigenvalue weighted by atomic mass is 10.0. The van der Waals surface area contributed by atoms with Gasteiger partial charge in [-0.05, 0) is 56.0 Å². The standard InChI is InChI=1S/C18H25FN4O2.2ClH/c19-16(18(24)22-25)10-13-7-8-17(20-11-13)21-14-4-3-9-23(12-14)15-5-1-2-6-15;;/h7-8,10-11,14-15,25H,1-6,9,12H2,(H,20,21)(H,22,24);2*1H/t14-;;/m1../s1. The van der Waals surface area contributed by atoms with Crippen LogP contribution in [-0.2, 0) is 4.79 Å². The molecule has 1 aromatic rings. The highest BCUT2D eigenvalue weighted by molar-refractivity contribution is 5.94. The normalized spacial score (nSPS) is 21.1. The maximum Gasteiger partial charge on any atom is 0.303 e. The van der Waals surface area contributed by atoms with Crippen LogP contribution in [0.2, 0.25) is 0 Å². The molecule has 2 heterocycles. The molecule has 0 unspecified atom stereocenters. The molecule has 1 saturated heterocycles. The first-order valence-electron chi connectivity index (χ1n) is 8.94. The third kappa shape index (κ3) is 6.60. The number of carbonyl (C=O) groups is 1. The van der Waals surface area contributed by atoms with Gasteiger partial charge in [-0.25, -0.2) is 14.9 Å². The summed E-state index contributed by atoms with van der Waals surface area (Å²) in [6.07, 6.45) is 10.2. The summed E-state index contributed by atoms with van der Waals surface area (Å²) in [5.41, 5.74) is 1.72. The first-order chi connectivity index (χ1) is 12.2. The highest BCUT2D eigenvalue weighted by Crippen LogP contribution is 2.26. The molecule has 0 spiro atoms. The molecule has 27 heavy (non-hydrogen) atoms. The van der Waals surface area contributed by atoms with Crippen LogP contribution in [0.4, 0.5) is 10.2 Å². The minimum Gasteiger partial charge on any atom is -0.366 e. The van der Waals surface area contributed by atoms with E-state index in [1.165, 1.54) is 50.3 Å². The molecule has 9 heteroatoms. The molecule has 3 rings (SSSR count). The number of piperidine rings is 1. The lowest BCUT2D eigenvalue weighted by Crippen LogP contribution is -2.46. The van der Waals surface area contributed by atoms with Gasteiger partial charge in [-0.3, -0.25) is 14.9 Å². The molecule has 6 nitrogen and oxygen atoms in total. The van der Waals surface area contributed by atoms with Crippen LogP contribution in [-0.4, -0.2) is 46.2 Å². The number of hydrogen-bond acceptors (Lipinski definition) is 5. The van der Waals surface area contributed by atoms with Crippen LogP contribution in [0.1, 0.15) is 44.1 Å². The Morgan fingerprint density at radius 1 is 1.22 bits per heavy atom. The van der Waals surface area contributed by atoms with Gasteiger partial charge in [0.05, 0.1) is 0 Å². The number of likely N-dealkylation sites (tertiary alicyclic amines) is 1. The molecule has 2 aliphatic rings. The number of nitrogens with one attached hydrogen (secondary N) is 2. The number of carbonyl (C=O) groups excluding carboxylic acids is 1. The Hall–Kier alpha value is -1.41. The van der Waals surface area contributed by atoms with Crippen molar-refractivity contribution in [2.45, 2.75) is 50.6 Å². The van der Waals surface area contributed by atoms with E-state index in [4.69, 9.17) is 5.21 Å².